The molecule has 1 unspecified atom stereocenters. The van der Waals surface area contributed by atoms with Crippen molar-refractivity contribution in [2.75, 3.05) is 0 Å². The Balaban J connectivity index is 1.36. The van der Waals surface area contributed by atoms with Gasteiger partial charge in [-0.1, -0.05) is 84.7 Å². The zero-order valence-electron chi connectivity index (χ0n) is 32.0. The van der Waals surface area contributed by atoms with E-state index in [1.165, 1.54) is 45.2 Å². The molecule has 5 heteroatoms. The van der Waals surface area contributed by atoms with E-state index in [2.05, 4.69) is 150 Å². The largest absolute Gasteiger partial charge is 0.457 e. The van der Waals surface area contributed by atoms with E-state index in [4.69, 9.17) is 14.8 Å². The van der Waals surface area contributed by atoms with E-state index >= 15 is 0 Å². The molecular formula is C46H54N4O. The molecular weight excluding hydrogens is 625 g/mol. The van der Waals surface area contributed by atoms with Crippen LogP contribution in [0.1, 0.15) is 109 Å². The zero-order chi connectivity index (χ0) is 36.0. The van der Waals surface area contributed by atoms with Crippen molar-refractivity contribution >= 4 is 21.8 Å². The molecule has 3 aromatic carbocycles. The Kier molecular flexibility index (Phi) is 9.43. The van der Waals surface area contributed by atoms with Crippen LogP contribution in [-0.2, 0) is 18.3 Å². The Labute approximate surface area is 304 Å². The van der Waals surface area contributed by atoms with Gasteiger partial charge in [0, 0.05) is 46.3 Å². The molecule has 0 amide bonds. The van der Waals surface area contributed by atoms with E-state index in [0.29, 0.717) is 17.8 Å². The number of allylic oxidation sites excluding steroid dienone is 2. The Morgan fingerprint density at radius 2 is 1.65 bits per heavy atom. The summed E-state index contributed by atoms with van der Waals surface area (Å²) >= 11 is 0. The Bertz CT molecular complexity index is 2240. The second-order valence-corrected chi connectivity index (χ2v) is 16.0. The van der Waals surface area contributed by atoms with Gasteiger partial charge in [-0.05, 0) is 110 Å². The van der Waals surface area contributed by atoms with Gasteiger partial charge in [0.2, 0.25) is 0 Å². The van der Waals surface area contributed by atoms with Crippen LogP contribution in [0.2, 0.25) is 0 Å². The number of aryl methyl sites for hydroxylation is 2. The fourth-order valence-corrected chi connectivity index (χ4v) is 8.49. The van der Waals surface area contributed by atoms with E-state index < -0.39 is 0 Å². The molecule has 0 fully saturated rings. The topological polar surface area (TPSA) is 44.9 Å². The molecule has 3 atom stereocenters. The first-order valence-electron chi connectivity index (χ1n) is 19.1. The molecule has 51 heavy (non-hydrogen) atoms. The number of nitrogens with zero attached hydrogens (tertiary/aromatic N) is 4. The van der Waals surface area contributed by atoms with Gasteiger partial charge in [0.25, 0.3) is 0 Å². The number of hydrogen-bond acceptors (Lipinski definition) is 3. The quantitative estimate of drug-likeness (QED) is 0.143. The first-order chi connectivity index (χ1) is 24.5. The van der Waals surface area contributed by atoms with Gasteiger partial charge in [-0.25, -0.2) is 9.67 Å². The number of para-hydroxylation sites is 1. The van der Waals surface area contributed by atoms with Crippen molar-refractivity contribution in [2.45, 2.75) is 106 Å². The molecule has 3 aromatic heterocycles. The van der Waals surface area contributed by atoms with E-state index in [0.717, 1.165) is 65.4 Å². The molecule has 1 aliphatic rings. The van der Waals surface area contributed by atoms with Crippen LogP contribution in [0, 0.1) is 18.8 Å². The van der Waals surface area contributed by atoms with Crippen molar-refractivity contribution in [3.05, 3.63) is 119 Å². The fourth-order valence-electron chi connectivity index (χ4n) is 8.49. The summed E-state index contributed by atoms with van der Waals surface area (Å²) in [4.78, 5) is 4.82. The third kappa shape index (κ3) is 6.64. The van der Waals surface area contributed by atoms with Crippen LogP contribution in [-0.4, -0.2) is 19.3 Å². The Hall–Kier alpha value is -4.64. The van der Waals surface area contributed by atoms with Crippen molar-refractivity contribution in [1.82, 2.24) is 19.3 Å². The standard InChI is InChI=1S/C46H54N4O/c1-10-12-16-41-45(44-30(4)22-29(3)23-31(44)5)32(6)48-50(41)35-25-34(46(7,8)9)26-37(27-35)51-36-18-19-39-38-15-13-14-17-40(38)49(42(39)28-36)43-24-33(11-2)20-21-47-43/h13-15,17-22,24-29,31,44H,10-12,16,23H2,1-9H3/t29-,31-,44?/m0/s1. The summed E-state index contributed by atoms with van der Waals surface area (Å²) in [5.41, 5.74) is 11.1. The van der Waals surface area contributed by atoms with Gasteiger partial charge in [-0.15, -0.1) is 0 Å². The normalized spacial score (nSPS) is 18.1. The minimum Gasteiger partial charge on any atom is -0.457 e. The van der Waals surface area contributed by atoms with Crippen LogP contribution in [0.4, 0.5) is 0 Å². The van der Waals surface area contributed by atoms with Crippen molar-refractivity contribution < 1.29 is 4.74 Å². The molecule has 0 saturated heterocycles. The van der Waals surface area contributed by atoms with Gasteiger partial charge in [-0.3, -0.25) is 4.57 Å². The van der Waals surface area contributed by atoms with E-state index in [9.17, 15) is 0 Å². The molecule has 3 heterocycles. The molecule has 0 N–H and O–H groups in total. The van der Waals surface area contributed by atoms with Crippen LogP contribution < -0.4 is 4.74 Å². The summed E-state index contributed by atoms with van der Waals surface area (Å²) in [7, 11) is 0. The predicted molar refractivity (Wildman–Crippen MR) is 213 cm³/mol. The highest BCUT2D eigenvalue weighted by Gasteiger charge is 2.32. The molecule has 5 nitrogen and oxygen atoms in total. The van der Waals surface area contributed by atoms with Gasteiger partial charge in [0.1, 0.15) is 17.3 Å². The van der Waals surface area contributed by atoms with E-state index in [1.807, 2.05) is 6.20 Å². The van der Waals surface area contributed by atoms with Gasteiger partial charge < -0.3 is 4.74 Å². The van der Waals surface area contributed by atoms with Crippen molar-refractivity contribution in [1.29, 1.82) is 0 Å². The number of rotatable bonds is 9. The molecule has 0 spiro atoms. The maximum absolute atomic E-state index is 6.85. The number of benzene rings is 3. The van der Waals surface area contributed by atoms with Crippen LogP contribution in [0.25, 0.3) is 33.3 Å². The maximum Gasteiger partial charge on any atom is 0.137 e. The predicted octanol–water partition coefficient (Wildman–Crippen LogP) is 12.4. The van der Waals surface area contributed by atoms with Gasteiger partial charge in [0.15, 0.2) is 0 Å². The maximum atomic E-state index is 6.85. The SMILES string of the molecule is CCCCc1c(C2C(C)=C[C@H](C)C[C@@H]2C)c(C)nn1-c1cc(Oc2ccc3c4ccccc4n(-c4cc(CC)ccn4)c3c2)cc(C(C)(C)C)c1. The molecule has 0 bridgehead atoms. The molecule has 0 aliphatic heterocycles. The average Bonchev–Trinajstić information content (AvgIpc) is 3.60. The van der Waals surface area contributed by atoms with Crippen LogP contribution >= 0.6 is 0 Å². The lowest BCUT2D eigenvalue weighted by Gasteiger charge is -2.32. The number of ether oxygens (including phenoxy) is 1. The summed E-state index contributed by atoms with van der Waals surface area (Å²) in [5.74, 6) is 4.13. The van der Waals surface area contributed by atoms with Crippen LogP contribution in [0.15, 0.2) is 90.6 Å². The summed E-state index contributed by atoms with van der Waals surface area (Å²) in [6.07, 6.45) is 9.85. The Morgan fingerprint density at radius 1 is 0.863 bits per heavy atom. The lowest BCUT2D eigenvalue weighted by atomic mass is 9.72. The van der Waals surface area contributed by atoms with E-state index in [-0.39, 0.29) is 5.41 Å². The van der Waals surface area contributed by atoms with E-state index in [1.54, 1.807) is 0 Å². The first kappa shape index (κ1) is 34.8. The van der Waals surface area contributed by atoms with Gasteiger partial charge >= 0.3 is 0 Å². The monoisotopic (exact) mass is 678 g/mol. The van der Waals surface area contributed by atoms with Crippen LogP contribution in [0.3, 0.4) is 0 Å². The smallest absolute Gasteiger partial charge is 0.137 e. The van der Waals surface area contributed by atoms with Crippen molar-refractivity contribution in [2.24, 2.45) is 11.8 Å². The second-order valence-electron chi connectivity index (χ2n) is 16.0. The summed E-state index contributed by atoms with van der Waals surface area (Å²) < 4.78 is 11.4. The van der Waals surface area contributed by atoms with Gasteiger partial charge in [0.05, 0.1) is 22.4 Å². The molecule has 7 rings (SSSR count). The summed E-state index contributed by atoms with van der Waals surface area (Å²) in [6, 6.07) is 26.0. The number of aromatic nitrogens is 4. The number of unbranched alkanes of at least 4 members (excludes halogenated alkanes) is 1. The average molecular weight is 679 g/mol. The molecule has 264 valence electrons. The lowest BCUT2D eigenvalue weighted by molar-refractivity contribution is 0.389. The highest BCUT2D eigenvalue weighted by atomic mass is 16.5. The van der Waals surface area contributed by atoms with Crippen LogP contribution in [0.5, 0.6) is 11.5 Å². The molecule has 1 aliphatic carbocycles. The summed E-state index contributed by atoms with van der Waals surface area (Å²) in [6.45, 7) is 20.6. The second kappa shape index (κ2) is 13.8. The van der Waals surface area contributed by atoms with Gasteiger partial charge in [-0.2, -0.15) is 5.10 Å². The third-order valence-corrected chi connectivity index (χ3v) is 11.0. The number of hydrogen-bond donors (Lipinski definition) is 0. The Morgan fingerprint density at radius 3 is 2.39 bits per heavy atom. The fraction of sp³-hybridized carbons (Fsp3) is 0.391. The lowest BCUT2D eigenvalue weighted by Crippen LogP contribution is -2.21. The number of pyridine rings is 1. The molecule has 0 radical (unpaired) electrons. The van der Waals surface area contributed by atoms with Crippen molar-refractivity contribution in [3.8, 4) is 23.0 Å². The highest BCUT2D eigenvalue weighted by Crippen LogP contribution is 2.44. The minimum absolute atomic E-state index is 0.0809. The molecule has 0 saturated carbocycles. The van der Waals surface area contributed by atoms with Crippen molar-refractivity contribution in [3.63, 3.8) is 0 Å². The zero-order valence-corrected chi connectivity index (χ0v) is 32.0. The summed E-state index contributed by atoms with van der Waals surface area (Å²) in [5, 5.41) is 7.70. The first-order valence-corrected chi connectivity index (χ1v) is 19.1. The molecule has 6 aromatic rings. The highest BCUT2D eigenvalue weighted by molar-refractivity contribution is 6.09. The number of fused-ring (bicyclic) bond motifs is 3. The third-order valence-electron chi connectivity index (χ3n) is 11.0. The minimum atomic E-state index is -0.0809.